The Morgan fingerprint density at radius 1 is 0.232 bits per heavy atom. The van der Waals surface area contributed by atoms with Gasteiger partial charge < -0.3 is 0 Å². The van der Waals surface area contributed by atoms with Crippen LogP contribution < -0.4 is 0 Å². The van der Waals surface area contributed by atoms with Crippen molar-refractivity contribution in [1.82, 2.24) is 9.97 Å². The number of aromatic nitrogens is 2. The van der Waals surface area contributed by atoms with E-state index in [1.807, 2.05) is 6.07 Å². The lowest BCUT2D eigenvalue weighted by molar-refractivity contribution is 1.37. The molecule has 2 aromatic heterocycles. The van der Waals surface area contributed by atoms with Crippen molar-refractivity contribution in [1.29, 1.82) is 0 Å². The van der Waals surface area contributed by atoms with Gasteiger partial charge in [-0.3, -0.25) is 0 Å². The number of hydrogen-bond acceptors (Lipinski definition) is 2. The van der Waals surface area contributed by atoms with Gasteiger partial charge in [0.25, 0.3) is 0 Å². The molecule has 0 aliphatic carbocycles. The fourth-order valence-corrected chi connectivity index (χ4v) is 8.51. The molecule has 0 bridgehead atoms. The van der Waals surface area contributed by atoms with E-state index in [1.165, 1.54) is 60.3 Å². The quantitative estimate of drug-likeness (QED) is 0.166. The number of fused-ring (bicyclic) bond motifs is 6. The Hall–Kier alpha value is -7.42. The van der Waals surface area contributed by atoms with Crippen LogP contribution >= 0.6 is 0 Å². The third-order valence-electron chi connectivity index (χ3n) is 11.2. The van der Waals surface area contributed by atoms with Crippen LogP contribution in [0, 0.1) is 0 Å². The van der Waals surface area contributed by atoms with Crippen molar-refractivity contribution < 1.29 is 0 Å². The summed E-state index contributed by atoms with van der Waals surface area (Å²) in [7, 11) is 0. The minimum absolute atomic E-state index is 0.911. The molecule has 2 heteroatoms. The topological polar surface area (TPSA) is 25.8 Å². The first-order valence-corrected chi connectivity index (χ1v) is 19.1. The van der Waals surface area contributed by atoms with Gasteiger partial charge in [-0.05, 0) is 96.0 Å². The summed E-state index contributed by atoms with van der Waals surface area (Å²) in [5.41, 5.74) is 13.1. The summed E-state index contributed by atoms with van der Waals surface area (Å²) in [5.74, 6) is 0. The van der Waals surface area contributed by atoms with E-state index in [1.54, 1.807) is 0 Å². The van der Waals surface area contributed by atoms with E-state index in [9.17, 15) is 0 Å². The van der Waals surface area contributed by atoms with Crippen LogP contribution in [0.4, 0.5) is 0 Å². The van der Waals surface area contributed by atoms with E-state index in [0.717, 1.165) is 49.7 Å². The highest BCUT2D eigenvalue weighted by Gasteiger charge is 2.16. The average molecular weight is 711 g/mol. The summed E-state index contributed by atoms with van der Waals surface area (Å²) in [6.45, 7) is 0. The van der Waals surface area contributed by atoms with Gasteiger partial charge in [0.05, 0.1) is 22.4 Å². The highest BCUT2D eigenvalue weighted by molar-refractivity contribution is 6.09. The molecule has 260 valence electrons. The Morgan fingerprint density at radius 3 is 1.23 bits per heavy atom. The summed E-state index contributed by atoms with van der Waals surface area (Å²) < 4.78 is 0. The SMILES string of the molecule is c1ccc(-c2ccc3ccc4ccc(-c5ccc(-c6cc(-c7cccc8ccccc78)cc(-c7cccc8ccccc78)c6)c6ccccc56)nc4c3n2)cc1. The number of nitrogens with zero attached hydrogens (tertiary/aromatic N) is 2. The molecular weight excluding hydrogens is 677 g/mol. The Labute approximate surface area is 325 Å². The van der Waals surface area contributed by atoms with Crippen LogP contribution in [0.15, 0.2) is 206 Å². The summed E-state index contributed by atoms with van der Waals surface area (Å²) in [6.07, 6.45) is 0. The molecule has 0 aliphatic heterocycles. The van der Waals surface area contributed by atoms with Gasteiger partial charge >= 0.3 is 0 Å². The minimum atomic E-state index is 0.911. The van der Waals surface area contributed by atoms with Crippen molar-refractivity contribution in [2.24, 2.45) is 0 Å². The number of rotatable bonds is 5. The second-order valence-corrected chi connectivity index (χ2v) is 14.5. The maximum absolute atomic E-state index is 5.36. The molecule has 0 radical (unpaired) electrons. The van der Waals surface area contributed by atoms with Crippen molar-refractivity contribution in [2.45, 2.75) is 0 Å². The Balaban J connectivity index is 1.11. The van der Waals surface area contributed by atoms with E-state index >= 15 is 0 Å². The first kappa shape index (κ1) is 32.0. The van der Waals surface area contributed by atoms with E-state index in [0.29, 0.717) is 0 Å². The predicted octanol–water partition coefficient (Wildman–Crippen LogP) is 14.6. The summed E-state index contributed by atoms with van der Waals surface area (Å²) in [5, 5.41) is 9.47. The standard InChI is InChI=1S/C54H34N2/c1-2-14-37(15-3-1)51-30-26-38-24-25-39-27-31-52(56-54(39)53(38)55-51)50-29-28-47(48-20-8-9-21-49(48)50)42-33-40(45-22-10-16-35-12-4-6-18-43(35)45)32-41(34-42)46-23-11-17-36-13-5-7-19-44(36)46/h1-34H. The molecule has 56 heavy (non-hydrogen) atoms. The van der Waals surface area contributed by atoms with E-state index in [2.05, 4.69) is 200 Å². The van der Waals surface area contributed by atoms with Crippen molar-refractivity contribution in [3.05, 3.63) is 206 Å². The molecule has 0 spiro atoms. The lowest BCUT2D eigenvalue weighted by atomic mass is 9.88. The molecule has 0 aliphatic rings. The van der Waals surface area contributed by atoms with Crippen LogP contribution in [0.2, 0.25) is 0 Å². The molecule has 0 amide bonds. The summed E-state index contributed by atoms with van der Waals surface area (Å²) in [4.78, 5) is 10.5. The van der Waals surface area contributed by atoms with Crippen molar-refractivity contribution in [3.63, 3.8) is 0 Å². The molecular formula is C54H34N2. The fraction of sp³-hybridized carbons (Fsp3) is 0. The van der Waals surface area contributed by atoms with Gasteiger partial charge in [0.1, 0.15) is 0 Å². The monoisotopic (exact) mass is 710 g/mol. The third kappa shape index (κ3) is 5.42. The molecule has 11 aromatic rings. The van der Waals surface area contributed by atoms with Gasteiger partial charge in [0, 0.05) is 21.9 Å². The van der Waals surface area contributed by atoms with E-state index in [4.69, 9.17) is 9.97 Å². The molecule has 0 saturated carbocycles. The third-order valence-corrected chi connectivity index (χ3v) is 11.2. The maximum Gasteiger partial charge on any atom is 0.0972 e. The van der Waals surface area contributed by atoms with Crippen molar-refractivity contribution in [2.75, 3.05) is 0 Å². The molecule has 0 atom stereocenters. The molecule has 0 fully saturated rings. The fourth-order valence-electron chi connectivity index (χ4n) is 8.51. The predicted molar refractivity (Wildman–Crippen MR) is 237 cm³/mol. The van der Waals surface area contributed by atoms with Gasteiger partial charge in [0.2, 0.25) is 0 Å². The smallest absolute Gasteiger partial charge is 0.0972 e. The van der Waals surface area contributed by atoms with Crippen LogP contribution in [0.3, 0.4) is 0 Å². The Kier molecular flexibility index (Phi) is 7.53. The van der Waals surface area contributed by atoms with Gasteiger partial charge in [-0.15, -0.1) is 0 Å². The molecule has 9 aromatic carbocycles. The molecule has 2 nitrogen and oxygen atoms in total. The molecule has 0 unspecified atom stereocenters. The summed E-state index contributed by atoms with van der Waals surface area (Å²) >= 11 is 0. The lowest BCUT2D eigenvalue weighted by Crippen LogP contribution is -1.93. The van der Waals surface area contributed by atoms with Gasteiger partial charge in [0.15, 0.2) is 0 Å². The van der Waals surface area contributed by atoms with Crippen LogP contribution in [0.1, 0.15) is 0 Å². The first-order chi connectivity index (χ1) is 27.7. The summed E-state index contributed by atoms with van der Waals surface area (Å²) in [6, 6.07) is 74.2. The average Bonchev–Trinajstić information content (AvgIpc) is 3.28. The van der Waals surface area contributed by atoms with Crippen LogP contribution in [0.25, 0.3) is 110 Å². The van der Waals surface area contributed by atoms with Crippen molar-refractivity contribution >= 4 is 54.1 Å². The second-order valence-electron chi connectivity index (χ2n) is 14.5. The van der Waals surface area contributed by atoms with E-state index < -0.39 is 0 Å². The molecule has 2 heterocycles. The molecule has 11 rings (SSSR count). The van der Waals surface area contributed by atoms with Gasteiger partial charge in [-0.1, -0.05) is 176 Å². The van der Waals surface area contributed by atoms with Gasteiger partial charge in [-0.2, -0.15) is 0 Å². The van der Waals surface area contributed by atoms with Crippen LogP contribution in [-0.2, 0) is 0 Å². The lowest BCUT2D eigenvalue weighted by Gasteiger charge is -2.16. The number of benzene rings is 9. The molecule has 0 N–H and O–H groups in total. The maximum atomic E-state index is 5.36. The number of hydrogen-bond donors (Lipinski definition) is 0. The van der Waals surface area contributed by atoms with Crippen molar-refractivity contribution in [3.8, 4) is 55.9 Å². The zero-order valence-corrected chi connectivity index (χ0v) is 30.5. The first-order valence-electron chi connectivity index (χ1n) is 19.1. The zero-order valence-electron chi connectivity index (χ0n) is 30.5. The highest BCUT2D eigenvalue weighted by atomic mass is 14.8. The zero-order chi connectivity index (χ0) is 37.0. The normalized spacial score (nSPS) is 11.6. The highest BCUT2D eigenvalue weighted by Crippen LogP contribution is 2.41. The Morgan fingerprint density at radius 2 is 0.643 bits per heavy atom. The second kappa shape index (κ2) is 13.2. The number of pyridine rings is 2. The molecule has 0 saturated heterocycles. The minimum Gasteiger partial charge on any atom is -0.245 e. The van der Waals surface area contributed by atoms with E-state index in [-0.39, 0.29) is 0 Å². The largest absolute Gasteiger partial charge is 0.245 e. The van der Waals surface area contributed by atoms with Crippen LogP contribution in [0.5, 0.6) is 0 Å². The van der Waals surface area contributed by atoms with Crippen LogP contribution in [-0.4, -0.2) is 9.97 Å². The Bertz CT molecular complexity index is 3200. The van der Waals surface area contributed by atoms with Gasteiger partial charge in [-0.25, -0.2) is 9.97 Å².